The Morgan fingerprint density at radius 3 is 2.42 bits per heavy atom. The molecule has 0 amide bonds. The fourth-order valence-corrected chi connectivity index (χ4v) is 3.94. The summed E-state index contributed by atoms with van der Waals surface area (Å²) >= 11 is 0. The zero-order valence-corrected chi connectivity index (χ0v) is 14.6. The van der Waals surface area contributed by atoms with Crippen molar-refractivity contribution < 1.29 is 22.3 Å². The summed E-state index contributed by atoms with van der Waals surface area (Å²) in [6, 6.07) is 10.5. The van der Waals surface area contributed by atoms with Crippen LogP contribution in [0.2, 0.25) is 0 Å². The van der Waals surface area contributed by atoms with Crippen molar-refractivity contribution in [1.82, 2.24) is 4.31 Å². The summed E-state index contributed by atoms with van der Waals surface area (Å²) in [5, 5.41) is 0. The summed E-state index contributed by atoms with van der Waals surface area (Å²) in [4.78, 5) is 0.0163. The molecule has 7 heteroatoms. The lowest BCUT2D eigenvalue weighted by atomic mass is 10.2. The van der Waals surface area contributed by atoms with Crippen LogP contribution in [0.1, 0.15) is 12.5 Å². The van der Waals surface area contributed by atoms with Crippen molar-refractivity contribution in [2.75, 3.05) is 20.8 Å². The molecule has 2 aromatic carbocycles. The molecule has 0 radical (unpaired) electrons. The van der Waals surface area contributed by atoms with Gasteiger partial charge in [0, 0.05) is 19.2 Å². The first-order valence-corrected chi connectivity index (χ1v) is 8.83. The van der Waals surface area contributed by atoms with Gasteiger partial charge in [0.05, 0.1) is 14.2 Å². The third-order valence-corrected chi connectivity index (χ3v) is 5.53. The zero-order chi connectivity index (χ0) is 17.7. The summed E-state index contributed by atoms with van der Waals surface area (Å²) < 4.78 is 50.9. The van der Waals surface area contributed by atoms with E-state index in [1.807, 2.05) is 0 Å². The molecular weight excluding hydrogens is 333 g/mol. The van der Waals surface area contributed by atoms with E-state index in [0.29, 0.717) is 11.3 Å². The summed E-state index contributed by atoms with van der Waals surface area (Å²) in [6.45, 7) is 2.03. The number of ether oxygens (including phenoxy) is 2. The average Bonchev–Trinajstić information content (AvgIpc) is 2.58. The molecule has 0 bridgehead atoms. The third-order valence-electron chi connectivity index (χ3n) is 3.59. The first-order chi connectivity index (χ1) is 11.4. The largest absolute Gasteiger partial charge is 0.497 e. The van der Waals surface area contributed by atoms with Gasteiger partial charge in [-0.05, 0) is 29.8 Å². The Morgan fingerprint density at radius 1 is 1.08 bits per heavy atom. The summed E-state index contributed by atoms with van der Waals surface area (Å²) in [7, 11) is -0.964. The maximum atomic E-state index is 13.4. The fraction of sp³-hybridized carbons (Fsp3) is 0.294. The number of methoxy groups -OCH3 is 2. The predicted molar refractivity (Wildman–Crippen MR) is 89.2 cm³/mol. The van der Waals surface area contributed by atoms with Crippen LogP contribution in [0.3, 0.4) is 0 Å². The molecule has 0 aliphatic heterocycles. The van der Waals surface area contributed by atoms with Crippen LogP contribution in [0.4, 0.5) is 4.39 Å². The van der Waals surface area contributed by atoms with Crippen molar-refractivity contribution in [2.45, 2.75) is 18.4 Å². The van der Waals surface area contributed by atoms with E-state index in [4.69, 9.17) is 9.47 Å². The zero-order valence-electron chi connectivity index (χ0n) is 13.8. The van der Waals surface area contributed by atoms with E-state index < -0.39 is 15.8 Å². The number of rotatable bonds is 7. The van der Waals surface area contributed by atoms with E-state index in [1.165, 1.54) is 36.7 Å². The summed E-state index contributed by atoms with van der Waals surface area (Å²) in [6.07, 6.45) is 0. The lowest BCUT2D eigenvalue weighted by molar-refractivity contribution is 0.383. The van der Waals surface area contributed by atoms with Gasteiger partial charge in [0.15, 0.2) is 0 Å². The van der Waals surface area contributed by atoms with Crippen LogP contribution in [0, 0.1) is 5.82 Å². The Hall–Kier alpha value is -2.12. The van der Waals surface area contributed by atoms with Crippen LogP contribution in [0.25, 0.3) is 0 Å². The van der Waals surface area contributed by atoms with Crippen LogP contribution >= 0.6 is 0 Å². The van der Waals surface area contributed by atoms with Crippen molar-refractivity contribution in [3.05, 3.63) is 53.8 Å². The van der Waals surface area contributed by atoms with Gasteiger partial charge in [0.25, 0.3) is 0 Å². The van der Waals surface area contributed by atoms with Gasteiger partial charge < -0.3 is 9.47 Å². The second kappa shape index (κ2) is 7.63. The van der Waals surface area contributed by atoms with Crippen molar-refractivity contribution >= 4 is 10.0 Å². The normalized spacial score (nSPS) is 11.5. The van der Waals surface area contributed by atoms with E-state index in [1.54, 1.807) is 31.2 Å². The lowest BCUT2D eigenvalue weighted by Gasteiger charge is -2.22. The first-order valence-electron chi connectivity index (χ1n) is 7.39. The fourth-order valence-electron chi connectivity index (χ4n) is 2.33. The minimum atomic E-state index is -3.83. The molecule has 0 saturated heterocycles. The average molecular weight is 353 g/mol. The van der Waals surface area contributed by atoms with Gasteiger partial charge in [0.2, 0.25) is 10.0 Å². The van der Waals surface area contributed by atoms with E-state index in [-0.39, 0.29) is 23.7 Å². The molecule has 0 saturated carbocycles. The quantitative estimate of drug-likeness (QED) is 0.768. The van der Waals surface area contributed by atoms with Crippen molar-refractivity contribution in [3.63, 3.8) is 0 Å². The Morgan fingerprint density at radius 2 is 1.83 bits per heavy atom. The van der Waals surface area contributed by atoms with Crippen LogP contribution < -0.4 is 9.47 Å². The predicted octanol–water partition coefficient (Wildman–Crippen LogP) is 3.05. The van der Waals surface area contributed by atoms with Gasteiger partial charge >= 0.3 is 0 Å². The monoisotopic (exact) mass is 353 g/mol. The van der Waals surface area contributed by atoms with Crippen molar-refractivity contribution in [3.8, 4) is 11.5 Å². The topological polar surface area (TPSA) is 55.8 Å². The maximum Gasteiger partial charge on any atom is 0.247 e. The third kappa shape index (κ3) is 3.85. The maximum absolute atomic E-state index is 13.4. The number of benzene rings is 2. The Labute approximate surface area is 141 Å². The van der Waals surface area contributed by atoms with Gasteiger partial charge in [0.1, 0.15) is 22.2 Å². The van der Waals surface area contributed by atoms with Crippen LogP contribution in [0.5, 0.6) is 11.5 Å². The molecule has 0 unspecified atom stereocenters. The lowest BCUT2D eigenvalue weighted by Crippen LogP contribution is -2.30. The van der Waals surface area contributed by atoms with Gasteiger partial charge in [-0.1, -0.05) is 19.1 Å². The van der Waals surface area contributed by atoms with Crippen LogP contribution in [-0.4, -0.2) is 33.5 Å². The van der Waals surface area contributed by atoms with Gasteiger partial charge in [-0.2, -0.15) is 4.31 Å². The highest BCUT2D eigenvalue weighted by Gasteiger charge is 2.27. The Kier molecular flexibility index (Phi) is 5.80. The van der Waals surface area contributed by atoms with Crippen LogP contribution in [-0.2, 0) is 16.6 Å². The highest BCUT2D eigenvalue weighted by molar-refractivity contribution is 7.89. The summed E-state index contributed by atoms with van der Waals surface area (Å²) in [5.74, 6) is 0.240. The second-order valence-corrected chi connectivity index (χ2v) is 6.98. The molecule has 2 aromatic rings. The molecule has 0 spiro atoms. The number of nitrogens with zero attached hydrogens (tertiary/aromatic N) is 1. The van der Waals surface area contributed by atoms with E-state index in [0.717, 1.165) is 0 Å². The van der Waals surface area contributed by atoms with E-state index in [9.17, 15) is 12.8 Å². The van der Waals surface area contributed by atoms with Crippen LogP contribution in [0.15, 0.2) is 47.4 Å². The molecule has 2 rings (SSSR count). The number of hydrogen-bond acceptors (Lipinski definition) is 4. The minimum absolute atomic E-state index is 0.0163. The molecule has 0 aliphatic carbocycles. The molecule has 0 N–H and O–H groups in total. The molecule has 0 heterocycles. The smallest absolute Gasteiger partial charge is 0.247 e. The molecule has 0 fully saturated rings. The van der Waals surface area contributed by atoms with Gasteiger partial charge in [-0.3, -0.25) is 0 Å². The summed E-state index contributed by atoms with van der Waals surface area (Å²) in [5.41, 5.74) is 0.572. The standard InChI is InChI=1S/C17H20FNO4S/c1-4-19(12-13-6-5-7-14(18)10-13)24(20,21)17-11-15(22-2)8-9-16(17)23-3/h5-11H,4,12H2,1-3H3. The molecule has 5 nitrogen and oxygen atoms in total. The molecule has 130 valence electrons. The molecule has 0 aromatic heterocycles. The second-order valence-electron chi connectivity index (χ2n) is 5.08. The van der Waals surface area contributed by atoms with Crippen molar-refractivity contribution in [1.29, 1.82) is 0 Å². The first kappa shape index (κ1) is 18.2. The molecule has 0 aliphatic rings. The molecule has 24 heavy (non-hydrogen) atoms. The minimum Gasteiger partial charge on any atom is -0.497 e. The Balaban J connectivity index is 2.43. The SMILES string of the molecule is CCN(Cc1cccc(F)c1)S(=O)(=O)c1cc(OC)ccc1OC. The highest BCUT2D eigenvalue weighted by atomic mass is 32.2. The van der Waals surface area contributed by atoms with E-state index in [2.05, 4.69) is 0 Å². The van der Waals surface area contributed by atoms with E-state index >= 15 is 0 Å². The number of sulfonamides is 1. The Bertz CT molecular complexity index is 808. The van der Waals surface area contributed by atoms with Gasteiger partial charge in [-0.15, -0.1) is 0 Å². The number of halogens is 1. The number of hydrogen-bond donors (Lipinski definition) is 0. The highest BCUT2D eigenvalue weighted by Crippen LogP contribution is 2.31. The van der Waals surface area contributed by atoms with Crippen molar-refractivity contribution in [2.24, 2.45) is 0 Å². The van der Waals surface area contributed by atoms with Gasteiger partial charge in [-0.25, -0.2) is 12.8 Å². The molecular formula is C17H20FNO4S. The molecule has 0 atom stereocenters.